The summed E-state index contributed by atoms with van der Waals surface area (Å²) in [5.74, 6) is 0.977. The Bertz CT molecular complexity index is 127. The summed E-state index contributed by atoms with van der Waals surface area (Å²) in [6, 6.07) is 0.838. The highest BCUT2D eigenvalue weighted by Gasteiger charge is 2.16. The van der Waals surface area contributed by atoms with Crippen LogP contribution in [0.4, 0.5) is 0 Å². The lowest BCUT2D eigenvalue weighted by Gasteiger charge is -2.27. The second kappa shape index (κ2) is 7.28. The highest BCUT2D eigenvalue weighted by molar-refractivity contribution is 4.75. The van der Waals surface area contributed by atoms with Gasteiger partial charge in [-0.25, -0.2) is 0 Å². The lowest BCUT2D eigenvalue weighted by atomic mass is 9.89. The Balaban J connectivity index is 2.16. The van der Waals surface area contributed by atoms with Crippen molar-refractivity contribution in [3.63, 3.8) is 0 Å². The smallest absolute Gasteiger partial charge is 0.00697 e. The fraction of sp³-hybridized carbons (Fsp3) is 1.00. The predicted molar refractivity (Wildman–Crippen MR) is 63.6 cm³/mol. The molecule has 0 aromatic carbocycles. The zero-order valence-electron chi connectivity index (χ0n) is 10.0. The first kappa shape index (κ1) is 12.0. The van der Waals surface area contributed by atoms with Crippen molar-refractivity contribution in [2.75, 3.05) is 6.54 Å². The molecule has 1 heterocycles. The van der Waals surface area contributed by atoms with Crippen LogP contribution in [0.2, 0.25) is 0 Å². The van der Waals surface area contributed by atoms with Crippen molar-refractivity contribution in [2.45, 2.75) is 71.3 Å². The van der Waals surface area contributed by atoms with E-state index in [0.717, 1.165) is 12.0 Å². The van der Waals surface area contributed by atoms with E-state index in [0.29, 0.717) is 0 Å². The first-order chi connectivity index (χ1) is 6.86. The van der Waals surface area contributed by atoms with Gasteiger partial charge in [-0.05, 0) is 31.7 Å². The van der Waals surface area contributed by atoms with Crippen LogP contribution in [0.25, 0.3) is 0 Å². The fourth-order valence-electron chi connectivity index (χ4n) is 2.51. The highest BCUT2D eigenvalue weighted by atomic mass is 14.9. The SMILES string of the molecule is CCCC[C@@H](CC)C[C@H]1CCCCN1. The second-order valence-electron chi connectivity index (χ2n) is 4.80. The number of rotatable bonds is 6. The zero-order chi connectivity index (χ0) is 10.2. The second-order valence-corrected chi connectivity index (χ2v) is 4.80. The number of hydrogen-bond acceptors (Lipinski definition) is 1. The Morgan fingerprint density at radius 1 is 1.29 bits per heavy atom. The highest BCUT2D eigenvalue weighted by Crippen LogP contribution is 2.22. The van der Waals surface area contributed by atoms with Crippen molar-refractivity contribution in [3.8, 4) is 0 Å². The van der Waals surface area contributed by atoms with Crippen LogP contribution in [0, 0.1) is 5.92 Å². The van der Waals surface area contributed by atoms with Crippen LogP contribution in [-0.2, 0) is 0 Å². The Kier molecular flexibility index (Phi) is 6.25. The van der Waals surface area contributed by atoms with Crippen LogP contribution in [0.15, 0.2) is 0 Å². The molecule has 1 aliphatic rings. The molecule has 0 saturated carbocycles. The molecule has 0 unspecified atom stereocenters. The molecule has 0 amide bonds. The quantitative estimate of drug-likeness (QED) is 0.684. The van der Waals surface area contributed by atoms with Gasteiger partial charge in [0.25, 0.3) is 0 Å². The van der Waals surface area contributed by atoms with Gasteiger partial charge in [-0.3, -0.25) is 0 Å². The molecule has 1 N–H and O–H groups in total. The minimum absolute atomic E-state index is 0.838. The minimum atomic E-state index is 0.838. The maximum atomic E-state index is 3.66. The third-order valence-electron chi connectivity index (χ3n) is 3.57. The number of hydrogen-bond donors (Lipinski definition) is 1. The molecule has 0 aromatic rings. The fourth-order valence-corrected chi connectivity index (χ4v) is 2.51. The Morgan fingerprint density at radius 3 is 2.71 bits per heavy atom. The molecule has 0 spiro atoms. The summed E-state index contributed by atoms with van der Waals surface area (Å²) in [7, 11) is 0. The Labute approximate surface area is 89.7 Å². The van der Waals surface area contributed by atoms with E-state index in [2.05, 4.69) is 19.2 Å². The molecular weight excluding hydrogens is 170 g/mol. The largest absolute Gasteiger partial charge is 0.314 e. The lowest BCUT2D eigenvalue weighted by Crippen LogP contribution is -2.35. The van der Waals surface area contributed by atoms with E-state index in [1.54, 1.807) is 0 Å². The molecule has 1 heteroatoms. The molecule has 0 radical (unpaired) electrons. The summed E-state index contributed by atoms with van der Waals surface area (Å²) in [5.41, 5.74) is 0. The van der Waals surface area contributed by atoms with Gasteiger partial charge in [0.2, 0.25) is 0 Å². The number of nitrogens with one attached hydrogen (secondary N) is 1. The predicted octanol–water partition coefficient (Wildman–Crippen LogP) is 3.74. The number of unbranched alkanes of at least 4 members (excludes halogenated alkanes) is 1. The normalized spacial score (nSPS) is 24.9. The van der Waals surface area contributed by atoms with Gasteiger partial charge in [0.15, 0.2) is 0 Å². The van der Waals surface area contributed by atoms with E-state index in [1.807, 2.05) is 0 Å². The van der Waals surface area contributed by atoms with E-state index < -0.39 is 0 Å². The minimum Gasteiger partial charge on any atom is -0.314 e. The monoisotopic (exact) mass is 197 g/mol. The van der Waals surface area contributed by atoms with Crippen molar-refractivity contribution >= 4 is 0 Å². The van der Waals surface area contributed by atoms with E-state index in [1.165, 1.54) is 57.9 Å². The van der Waals surface area contributed by atoms with E-state index in [-0.39, 0.29) is 0 Å². The molecule has 1 nitrogen and oxygen atoms in total. The van der Waals surface area contributed by atoms with Crippen molar-refractivity contribution in [1.29, 1.82) is 0 Å². The summed E-state index contributed by atoms with van der Waals surface area (Å²) in [6.45, 7) is 5.91. The molecule has 0 aliphatic carbocycles. The van der Waals surface area contributed by atoms with Crippen LogP contribution in [0.3, 0.4) is 0 Å². The topological polar surface area (TPSA) is 12.0 Å². The van der Waals surface area contributed by atoms with Gasteiger partial charge in [-0.1, -0.05) is 46.0 Å². The van der Waals surface area contributed by atoms with E-state index in [9.17, 15) is 0 Å². The van der Waals surface area contributed by atoms with Crippen LogP contribution >= 0.6 is 0 Å². The van der Waals surface area contributed by atoms with Crippen LogP contribution in [0.1, 0.15) is 65.2 Å². The summed E-state index contributed by atoms with van der Waals surface area (Å²) in [6.07, 6.45) is 11.3. The molecule has 84 valence electrons. The molecule has 1 rings (SSSR count). The summed E-state index contributed by atoms with van der Waals surface area (Å²) in [5, 5.41) is 3.66. The third-order valence-corrected chi connectivity index (χ3v) is 3.57. The molecule has 0 aromatic heterocycles. The Morgan fingerprint density at radius 2 is 2.14 bits per heavy atom. The maximum absolute atomic E-state index is 3.66. The maximum Gasteiger partial charge on any atom is 0.00697 e. The standard InChI is InChI=1S/C13H27N/c1-3-5-8-12(4-2)11-13-9-6-7-10-14-13/h12-14H,3-11H2,1-2H3/t12-,13-/m1/s1. The average molecular weight is 197 g/mol. The van der Waals surface area contributed by atoms with Crippen molar-refractivity contribution in [2.24, 2.45) is 5.92 Å². The van der Waals surface area contributed by atoms with Crippen LogP contribution in [-0.4, -0.2) is 12.6 Å². The van der Waals surface area contributed by atoms with Crippen LogP contribution in [0.5, 0.6) is 0 Å². The molecule has 1 saturated heterocycles. The summed E-state index contributed by atoms with van der Waals surface area (Å²) >= 11 is 0. The van der Waals surface area contributed by atoms with Gasteiger partial charge < -0.3 is 5.32 Å². The van der Waals surface area contributed by atoms with E-state index in [4.69, 9.17) is 0 Å². The first-order valence-electron chi connectivity index (χ1n) is 6.60. The molecular formula is C13H27N. The zero-order valence-corrected chi connectivity index (χ0v) is 10.0. The molecule has 1 fully saturated rings. The van der Waals surface area contributed by atoms with Gasteiger partial charge in [-0.2, -0.15) is 0 Å². The van der Waals surface area contributed by atoms with Crippen molar-refractivity contribution < 1.29 is 0 Å². The molecule has 1 aliphatic heterocycles. The lowest BCUT2D eigenvalue weighted by molar-refractivity contribution is 0.307. The average Bonchev–Trinajstić information content (AvgIpc) is 2.25. The first-order valence-corrected chi connectivity index (χ1v) is 6.60. The summed E-state index contributed by atoms with van der Waals surface area (Å²) < 4.78 is 0. The molecule has 0 bridgehead atoms. The van der Waals surface area contributed by atoms with Gasteiger partial charge >= 0.3 is 0 Å². The van der Waals surface area contributed by atoms with Crippen molar-refractivity contribution in [3.05, 3.63) is 0 Å². The van der Waals surface area contributed by atoms with Crippen molar-refractivity contribution in [1.82, 2.24) is 5.32 Å². The van der Waals surface area contributed by atoms with Gasteiger partial charge in [0.05, 0.1) is 0 Å². The summed E-state index contributed by atoms with van der Waals surface area (Å²) in [4.78, 5) is 0. The van der Waals surface area contributed by atoms with Gasteiger partial charge in [0, 0.05) is 6.04 Å². The van der Waals surface area contributed by atoms with E-state index >= 15 is 0 Å². The molecule has 14 heavy (non-hydrogen) atoms. The molecule has 2 atom stereocenters. The number of piperidine rings is 1. The van der Waals surface area contributed by atoms with Crippen LogP contribution < -0.4 is 5.32 Å². The van der Waals surface area contributed by atoms with Gasteiger partial charge in [0.1, 0.15) is 0 Å². The Hall–Kier alpha value is -0.0400. The third kappa shape index (κ3) is 4.45. The van der Waals surface area contributed by atoms with Gasteiger partial charge in [-0.15, -0.1) is 0 Å².